The second-order valence-corrected chi connectivity index (χ2v) is 8.48. The van der Waals surface area contributed by atoms with E-state index in [4.69, 9.17) is 4.42 Å². The molecule has 0 saturated carbocycles. The van der Waals surface area contributed by atoms with Crippen molar-refractivity contribution in [3.63, 3.8) is 0 Å². The molecule has 4 rings (SSSR count). The maximum absolute atomic E-state index is 12.4. The Balaban J connectivity index is 1.23. The molecule has 0 spiro atoms. The van der Waals surface area contributed by atoms with E-state index in [1.807, 2.05) is 4.90 Å². The van der Waals surface area contributed by atoms with Crippen LogP contribution in [0.3, 0.4) is 0 Å². The Labute approximate surface area is 189 Å². The van der Waals surface area contributed by atoms with E-state index < -0.39 is 0 Å². The highest BCUT2D eigenvalue weighted by molar-refractivity contribution is 5.91. The van der Waals surface area contributed by atoms with Gasteiger partial charge in [-0.3, -0.25) is 14.7 Å². The van der Waals surface area contributed by atoms with Crippen molar-refractivity contribution in [1.29, 1.82) is 0 Å². The van der Waals surface area contributed by atoms with Gasteiger partial charge < -0.3 is 24.6 Å². The van der Waals surface area contributed by atoms with Gasteiger partial charge in [-0.05, 0) is 36.1 Å². The molecule has 0 atom stereocenters. The zero-order valence-corrected chi connectivity index (χ0v) is 18.7. The fourth-order valence-electron chi connectivity index (χ4n) is 4.29. The third kappa shape index (κ3) is 5.69. The fourth-order valence-corrected chi connectivity index (χ4v) is 4.29. The molecule has 1 aromatic carbocycles. The zero-order chi connectivity index (χ0) is 22.3. The minimum Gasteiger partial charge on any atom is -0.459 e. The second kappa shape index (κ2) is 10.7. The van der Waals surface area contributed by atoms with Gasteiger partial charge >= 0.3 is 0 Å². The number of carbonyl (C=O) groups is 1. The lowest BCUT2D eigenvalue weighted by atomic mass is 10.1. The van der Waals surface area contributed by atoms with Crippen LogP contribution in [0.4, 0.5) is 0 Å². The monoisotopic (exact) mass is 439 g/mol. The summed E-state index contributed by atoms with van der Waals surface area (Å²) in [6.45, 7) is 6.30. The number of aliphatic hydroxyl groups is 1. The molecule has 1 amide bonds. The number of nitrogens with one attached hydrogen (secondary N) is 1. The molecule has 1 aromatic heterocycles. The Morgan fingerprint density at radius 1 is 1.03 bits per heavy atom. The Bertz CT molecular complexity index is 881. The second-order valence-electron chi connectivity index (χ2n) is 8.48. The van der Waals surface area contributed by atoms with Gasteiger partial charge in [0.15, 0.2) is 11.7 Å². The average Bonchev–Trinajstić information content (AvgIpc) is 3.37. The van der Waals surface area contributed by atoms with E-state index in [0.717, 1.165) is 51.5 Å². The van der Waals surface area contributed by atoms with Crippen LogP contribution in [0.2, 0.25) is 0 Å². The van der Waals surface area contributed by atoms with Crippen LogP contribution in [0.5, 0.6) is 0 Å². The largest absolute Gasteiger partial charge is 0.459 e. The number of likely N-dealkylation sites (tertiary alicyclic amines) is 1. The molecule has 8 nitrogen and oxygen atoms in total. The molecule has 172 valence electrons. The number of piperidine rings is 1. The number of rotatable bonds is 5. The summed E-state index contributed by atoms with van der Waals surface area (Å²) in [4.78, 5) is 23.3. The number of nitrogens with zero attached hydrogens (tertiary/aromatic N) is 4. The topological polar surface area (TPSA) is 84.5 Å². The number of hydrogen-bond donors (Lipinski definition) is 2. The minimum absolute atomic E-state index is 0.0570. The first-order valence-electron chi connectivity index (χ1n) is 11.4. The van der Waals surface area contributed by atoms with E-state index in [0.29, 0.717) is 25.4 Å². The van der Waals surface area contributed by atoms with Gasteiger partial charge in [-0.15, -0.1) is 0 Å². The van der Waals surface area contributed by atoms with E-state index in [9.17, 15) is 9.90 Å². The molecule has 8 heteroatoms. The van der Waals surface area contributed by atoms with E-state index in [2.05, 4.69) is 44.4 Å². The first-order valence-corrected chi connectivity index (χ1v) is 11.4. The summed E-state index contributed by atoms with van der Waals surface area (Å²) in [5.74, 6) is 1.19. The normalized spacial score (nSPS) is 18.8. The molecule has 2 saturated heterocycles. The zero-order valence-electron chi connectivity index (χ0n) is 18.7. The third-order valence-electron chi connectivity index (χ3n) is 6.25. The molecule has 3 heterocycles. The molecule has 2 N–H and O–H groups in total. The number of furan rings is 1. The average molecular weight is 440 g/mol. The summed E-state index contributed by atoms with van der Waals surface area (Å²) < 4.78 is 5.23. The van der Waals surface area contributed by atoms with Crippen LogP contribution in [0.1, 0.15) is 34.5 Å². The Kier molecular flexibility index (Phi) is 7.44. The highest BCUT2D eigenvalue weighted by atomic mass is 16.3. The third-order valence-corrected chi connectivity index (χ3v) is 6.25. The number of aliphatic imine (C=N–C) groups is 1. The lowest BCUT2D eigenvalue weighted by Crippen LogP contribution is -2.53. The summed E-state index contributed by atoms with van der Waals surface area (Å²) in [5, 5.41) is 13.1. The first-order chi connectivity index (χ1) is 15.6. The molecule has 2 aromatic rings. The molecule has 2 aliphatic heterocycles. The molecular formula is C24H33N5O3. The fraction of sp³-hybridized carbons (Fsp3) is 0.500. The van der Waals surface area contributed by atoms with Gasteiger partial charge in [0, 0.05) is 59.4 Å². The summed E-state index contributed by atoms with van der Waals surface area (Å²) in [6.07, 6.45) is 3.13. The minimum atomic E-state index is -0.131. The van der Waals surface area contributed by atoms with Crippen LogP contribution in [-0.2, 0) is 13.1 Å². The van der Waals surface area contributed by atoms with Gasteiger partial charge in [0.2, 0.25) is 0 Å². The lowest BCUT2D eigenvalue weighted by Gasteiger charge is -2.36. The van der Waals surface area contributed by atoms with E-state index in [1.165, 1.54) is 17.4 Å². The van der Waals surface area contributed by atoms with Crippen molar-refractivity contribution in [2.45, 2.75) is 32.0 Å². The van der Waals surface area contributed by atoms with Crippen molar-refractivity contribution in [3.8, 4) is 0 Å². The Morgan fingerprint density at radius 3 is 2.31 bits per heavy atom. The molecular weight excluding hydrogens is 406 g/mol. The quantitative estimate of drug-likeness (QED) is 0.546. The predicted octanol–water partition coefficient (Wildman–Crippen LogP) is 1.77. The molecule has 0 aliphatic carbocycles. The van der Waals surface area contributed by atoms with Crippen molar-refractivity contribution in [1.82, 2.24) is 20.0 Å². The highest BCUT2D eigenvalue weighted by Crippen LogP contribution is 2.15. The van der Waals surface area contributed by atoms with Crippen LogP contribution in [0.15, 0.2) is 52.1 Å². The van der Waals surface area contributed by atoms with Crippen molar-refractivity contribution >= 4 is 11.9 Å². The number of guanidine groups is 1. The number of carbonyl (C=O) groups excluding carboxylic acids is 1. The van der Waals surface area contributed by atoms with E-state index >= 15 is 0 Å². The summed E-state index contributed by atoms with van der Waals surface area (Å²) in [6, 6.07) is 12.1. The SMILES string of the molecule is CN=C(NCc1ccc(CN2CCC(O)CC2)cc1)N1CCN(C(=O)c2ccco2)CC1. The van der Waals surface area contributed by atoms with E-state index in [1.54, 1.807) is 19.2 Å². The molecule has 0 bridgehead atoms. The van der Waals surface area contributed by atoms with E-state index in [-0.39, 0.29) is 12.0 Å². The van der Waals surface area contributed by atoms with Gasteiger partial charge in [0.1, 0.15) is 0 Å². The summed E-state index contributed by atoms with van der Waals surface area (Å²) in [7, 11) is 1.79. The van der Waals surface area contributed by atoms with Crippen LogP contribution in [0, 0.1) is 0 Å². The number of aliphatic hydroxyl groups excluding tert-OH is 1. The van der Waals surface area contributed by atoms with Crippen molar-refractivity contribution < 1.29 is 14.3 Å². The van der Waals surface area contributed by atoms with Crippen LogP contribution in [-0.4, -0.2) is 84.1 Å². The number of piperazine rings is 1. The molecule has 32 heavy (non-hydrogen) atoms. The van der Waals surface area contributed by atoms with Crippen LogP contribution in [0.25, 0.3) is 0 Å². The van der Waals surface area contributed by atoms with Crippen molar-refractivity contribution in [2.75, 3.05) is 46.3 Å². The highest BCUT2D eigenvalue weighted by Gasteiger charge is 2.25. The predicted molar refractivity (Wildman–Crippen MR) is 123 cm³/mol. The smallest absolute Gasteiger partial charge is 0.289 e. The van der Waals surface area contributed by atoms with Crippen LogP contribution < -0.4 is 5.32 Å². The van der Waals surface area contributed by atoms with Gasteiger partial charge in [0.05, 0.1) is 12.4 Å². The number of benzene rings is 1. The van der Waals surface area contributed by atoms with Gasteiger partial charge in [-0.2, -0.15) is 0 Å². The van der Waals surface area contributed by atoms with Gasteiger partial charge in [-0.25, -0.2) is 0 Å². The maximum Gasteiger partial charge on any atom is 0.289 e. The van der Waals surface area contributed by atoms with Crippen molar-refractivity contribution in [2.24, 2.45) is 4.99 Å². The standard InChI is InChI=1S/C24H33N5O3/c1-25-24(29-14-12-28(13-15-29)23(31)22-3-2-16-32-22)26-17-19-4-6-20(7-5-19)18-27-10-8-21(30)9-11-27/h2-7,16,21,30H,8-15,17-18H2,1H3,(H,25,26). The molecule has 0 unspecified atom stereocenters. The lowest BCUT2D eigenvalue weighted by molar-refractivity contribution is 0.0657. The molecule has 0 radical (unpaired) electrons. The number of amides is 1. The maximum atomic E-state index is 12.4. The van der Waals surface area contributed by atoms with Crippen molar-refractivity contribution in [3.05, 3.63) is 59.5 Å². The molecule has 2 aliphatic rings. The Hall–Kier alpha value is -2.84. The summed E-state index contributed by atoms with van der Waals surface area (Å²) >= 11 is 0. The summed E-state index contributed by atoms with van der Waals surface area (Å²) in [5.41, 5.74) is 2.50. The van der Waals surface area contributed by atoms with Gasteiger partial charge in [0.25, 0.3) is 5.91 Å². The van der Waals surface area contributed by atoms with Gasteiger partial charge in [-0.1, -0.05) is 24.3 Å². The first kappa shape index (κ1) is 22.4. The van der Waals surface area contributed by atoms with Crippen LogP contribution >= 0.6 is 0 Å². The Morgan fingerprint density at radius 2 is 1.69 bits per heavy atom. The number of hydrogen-bond acceptors (Lipinski definition) is 5. The molecule has 2 fully saturated rings.